The van der Waals surface area contributed by atoms with Crippen LogP contribution in [0.2, 0.25) is 0 Å². The van der Waals surface area contributed by atoms with Gasteiger partial charge in [-0.25, -0.2) is 0 Å². The third-order valence-electron chi connectivity index (χ3n) is 3.79. The molecule has 0 aliphatic carbocycles. The second-order valence-electron chi connectivity index (χ2n) is 5.28. The third-order valence-corrected chi connectivity index (χ3v) is 3.79. The van der Waals surface area contributed by atoms with E-state index in [-0.39, 0.29) is 0 Å². The lowest BCUT2D eigenvalue weighted by Gasteiger charge is -2.35. The number of nitrogens with zero attached hydrogens (tertiary/aromatic N) is 1. The highest BCUT2D eigenvalue weighted by molar-refractivity contribution is 4.98. The van der Waals surface area contributed by atoms with Gasteiger partial charge in [-0.1, -0.05) is 25.5 Å². The summed E-state index contributed by atoms with van der Waals surface area (Å²) in [7, 11) is 0. The first-order valence-electron chi connectivity index (χ1n) is 6.72. The predicted octanol–water partition coefficient (Wildman–Crippen LogP) is 2.81. The standard InChI is InChI=1S/C14H28N2/c1-5-14(6-2)12-16(10-7-9-15-14)11-8-13(3)4/h8,15H,5-7,9-12H2,1-4H3. The van der Waals surface area contributed by atoms with Crippen molar-refractivity contribution in [2.45, 2.75) is 52.5 Å². The molecule has 0 bridgehead atoms. The number of hydrogen-bond donors (Lipinski definition) is 1. The average Bonchev–Trinajstić information content (AvgIpc) is 2.49. The van der Waals surface area contributed by atoms with Crippen LogP contribution in [0.3, 0.4) is 0 Å². The van der Waals surface area contributed by atoms with Gasteiger partial charge in [0.15, 0.2) is 0 Å². The Kier molecular flexibility index (Phi) is 5.50. The van der Waals surface area contributed by atoms with Gasteiger partial charge in [0, 0.05) is 18.6 Å². The maximum atomic E-state index is 3.75. The van der Waals surface area contributed by atoms with Crippen molar-refractivity contribution in [2.24, 2.45) is 0 Å². The van der Waals surface area contributed by atoms with Crippen molar-refractivity contribution >= 4 is 0 Å². The van der Waals surface area contributed by atoms with Crippen LogP contribution in [0, 0.1) is 0 Å². The molecule has 2 nitrogen and oxygen atoms in total. The molecule has 0 aromatic rings. The minimum atomic E-state index is 0.353. The van der Waals surface area contributed by atoms with Crippen LogP contribution in [-0.2, 0) is 0 Å². The number of nitrogens with one attached hydrogen (secondary N) is 1. The SMILES string of the molecule is CCC1(CC)CN(CC=C(C)C)CCCN1. The summed E-state index contributed by atoms with van der Waals surface area (Å²) in [5.41, 5.74) is 1.78. The fourth-order valence-corrected chi connectivity index (χ4v) is 2.41. The molecular weight excluding hydrogens is 196 g/mol. The molecule has 16 heavy (non-hydrogen) atoms. The van der Waals surface area contributed by atoms with E-state index in [1.807, 2.05) is 0 Å². The Labute approximate surface area is 101 Å². The van der Waals surface area contributed by atoms with Gasteiger partial charge < -0.3 is 5.32 Å². The fraction of sp³-hybridized carbons (Fsp3) is 0.857. The first-order valence-corrected chi connectivity index (χ1v) is 6.72. The summed E-state index contributed by atoms with van der Waals surface area (Å²) in [6.45, 7) is 13.7. The molecule has 1 saturated heterocycles. The van der Waals surface area contributed by atoms with Gasteiger partial charge in [-0.3, -0.25) is 4.90 Å². The lowest BCUT2D eigenvalue weighted by molar-refractivity contribution is 0.211. The van der Waals surface area contributed by atoms with Gasteiger partial charge in [0.05, 0.1) is 0 Å². The molecule has 1 fully saturated rings. The number of rotatable bonds is 4. The predicted molar refractivity (Wildman–Crippen MR) is 71.8 cm³/mol. The number of allylic oxidation sites excluding steroid dienone is 1. The van der Waals surface area contributed by atoms with Crippen LogP contribution >= 0.6 is 0 Å². The van der Waals surface area contributed by atoms with Crippen LogP contribution in [0.4, 0.5) is 0 Å². The van der Waals surface area contributed by atoms with Gasteiger partial charge in [-0.05, 0) is 46.2 Å². The van der Waals surface area contributed by atoms with Crippen LogP contribution in [0.5, 0.6) is 0 Å². The molecule has 1 N–H and O–H groups in total. The highest BCUT2D eigenvalue weighted by Gasteiger charge is 2.29. The summed E-state index contributed by atoms with van der Waals surface area (Å²) in [5.74, 6) is 0. The summed E-state index contributed by atoms with van der Waals surface area (Å²) in [6, 6.07) is 0. The summed E-state index contributed by atoms with van der Waals surface area (Å²) in [4.78, 5) is 2.60. The third kappa shape index (κ3) is 3.91. The molecular formula is C14H28N2. The Hall–Kier alpha value is -0.340. The van der Waals surface area contributed by atoms with E-state index in [9.17, 15) is 0 Å². The molecule has 0 unspecified atom stereocenters. The van der Waals surface area contributed by atoms with E-state index in [1.54, 1.807) is 0 Å². The van der Waals surface area contributed by atoms with Crippen molar-refractivity contribution in [1.29, 1.82) is 0 Å². The molecule has 0 atom stereocenters. The van der Waals surface area contributed by atoms with Gasteiger partial charge >= 0.3 is 0 Å². The second kappa shape index (κ2) is 6.41. The van der Waals surface area contributed by atoms with Crippen molar-refractivity contribution in [1.82, 2.24) is 10.2 Å². The minimum Gasteiger partial charge on any atom is -0.310 e. The minimum absolute atomic E-state index is 0.353. The topological polar surface area (TPSA) is 15.3 Å². The van der Waals surface area contributed by atoms with E-state index >= 15 is 0 Å². The molecule has 94 valence electrons. The van der Waals surface area contributed by atoms with Crippen LogP contribution in [0.15, 0.2) is 11.6 Å². The fourth-order valence-electron chi connectivity index (χ4n) is 2.41. The van der Waals surface area contributed by atoms with Gasteiger partial charge in [-0.2, -0.15) is 0 Å². The molecule has 1 heterocycles. The summed E-state index contributed by atoms with van der Waals surface area (Å²) < 4.78 is 0. The zero-order chi connectivity index (χ0) is 12.0. The van der Waals surface area contributed by atoms with Crippen LogP contribution in [-0.4, -0.2) is 36.6 Å². The lowest BCUT2D eigenvalue weighted by Crippen LogP contribution is -2.50. The Bertz CT molecular complexity index is 225. The van der Waals surface area contributed by atoms with E-state index in [1.165, 1.54) is 44.5 Å². The lowest BCUT2D eigenvalue weighted by atomic mass is 9.92. The largest absolute Gasteiger partial charge is 0.310 e. The molecule has 1 aliphatic rings. The van der Waals surface area contributed by atoms with Crippen molar-refractivity contribution in [3.63, 3.8) is 0 Å². The molecule has 0 spiro atoms. The normalized spacial score (nSPS) is 21.5. The first-order chi connectivity index (χ1) is 7.62. The van der Waals surface area contributed by atoms with Crippen molar-refractivity contribution in [2.75, 3.05) is 26.2 Å². The quantitative estimate of drug-likeness (QED) is 0.739. The van der Waals surface area contributed by atoms with Crippen LogP contribution in [0.25, 0.3) is 0 Å². The summed E-state index contributed by atoms with van der Waals surface area (Å²) >= 11 is 0. The van der Waals surface area contributed by atoms with E-state index in [4.69, 9.17) is 0 Å². The van der Waals surface area contributed by atoms with E-state index < -0.39 is 0 Å². The van der Waals surface area contributed by atoms with E-state index in [0.717, 1.165) is 6.54 Å². The highest BCUT2D eigenvalue weighted by atomic mass is 15.2. The Morgan fingerprint density at radius 2 is 2.00 bits per heavy atom. The van der Waals surface area contributed by atoms with Crippen molar-refractivity contribution < 1.29 is 0 Å². The smallest absolute Gasteiger partial charge is 0.0303 e. The Morgan fingerprint density at radius 3 is 2.56 bits per heavy atom. The maximum absolute atomic E-state index is 3.75. The van der Waals surface area contributed by atoms with Crippen molar-refractivity contribution in [3.8, 4) is 0 Å². The zero-order valence-corrected chi connectivity index (χ0v) is 11.5. The molecule has 0 saturated carbocycles. The molecule has 0 radical (unpaired) electrons. The van der Waals surface area contributed by atoms with Crippen LogP contribution in [0.1, 0.15) is 47.0 Å². The second-order valence-corrected chi connectivity index (χ2v) is 5.28. The Morgan fingerprint density at radius 1 is 1.31 bits per heavy atom. The molecule has 2 heteroatoms. The molecule has 1 aliphatic heterocycles. The summed E-state index contributed by atoms with van der Waals surface area (Å²) in [5, 5.41) is 3.75. The van der Waals surface area contributed by atoms with Gasteiger partial charge in [0.1, 0.15) is 0 Å². The average molecular weight is 224 g/mol. The van der Waals surface area contributed by atoms with Crippen molar-refractivity contribution in [3.05, 3.63) is 11.6 Å². The van der Waals surface area contributed by atoms with Gasteiger partial charge in [0.25, 0.3) is 0 Å². The molecule has 0 aromatic heterocycles. The maximum Gasteiger partial charge on any atom is 0.0303 e. The van der Waals surface area contributed by atoms with Gasteiger partial charge in [0.2, 0.25) is 0 Å². The zero-order valence-electron chi connectivity index (χ0n) is 11.5. The van der Waals surface area contributed by atoms with E-state index in [2.05, 4.69) is 44.0 Å². The molecule has 1 rings (SSSR count). The molecule has 0 amide bonds. The highest BCUT2D eigenvalue weighted by Crippen LogP contribution is 2.19. The first kappa shape index (κ1) is 13.7. The summed E-state index contributed by atoms with van der Waals surface area (Å²) in [6.07, 6.45) is 6.09. The van der Waals surface area contributed by atoms with E-state index in [0.29, 0.717) is 5.54 Å². The monoisotopic (exact) mass is 224 g/mol. The van der Waals surface area contributed by atoms with Gasteiger partial charge in [-0.15, -0.1) is 0 Å². The van der Waals surface area contributed by atoms with Crippen LogP contribution < -0.4 is 5.32 Å². The number of hydrogen-bond acceptors (Lipinski definition) is 2. The molecule has 0 aromatic carbocycles. The Balaban J connectivity index is 2.61.